The molecule has 0 heterocycles. The van der Waals surface area contributed by atoms with Gasteiger partial charge in [-0.25, -0.2) is 0 Å². The minimum atomic E-state index is -1.38. The largest absolute Gasteiger partial charge is 0.396 e. The summed E-state index contributed by atoms with van der Waals surface area (Å²) >= 11 is 0. The summed E-state index contributed by atoms with van der Waals surface area (Å²) in [5, 5.41) is 68.9. The smallest absolute Gasteiger partial charge is 0.151 e. The van der Waals surface area contributed by atoms with Crippen molar-refractivity contribution in [2.75, 3.05) is 13.2 Å². The molecular weight excluding hydrogens is 272 g/mol. The van der Waals surface area contributed by atoms with E-state index in [1.807, 2.05) is 0 Å². The van der Waals surface area contributed by atoms with Crippen LogP contribution < -0.4 is 0 Å². The molecule has 8 nitrogen and oxygen atoms in total. The average molecular weight is 300 g/mol. The Kier molecular flexibility index (Phi) is 15.0. The summed E-state index contributed by atoms with van der Waals surface area (Å²) in [6.45, 7) is 1.05. The van der Waals surface area contributed by atoms with Crippen LogP contribution in [0, 0.1) is 0 Å². The molecule has 0 bridgehead atoms. The third-order valence-electron chi connectivity index (χ3n) is 2.52. The highest BCUT2D eigenvalue weighted by Gasteiger charge is 2.20. The van der Waals surface area contributed by atoms with E-state index in [1.54, 1.807) is 0 Å². The van der Waals surface area contributed by atoms with Gasteiger partial charge in [-0.2, -0.15) is 0 Å². The Morgan fingerprint density at radius 2 is 1.35 bits per heavy atom. The lowest BCUT2D eigenvalue weighted by Gasteiger charge is -2.20. The summed E-state index contributed by atoms with van der Waals surface area (Å²) in [4.78, 5) is 0. The molecule has 0 aromatic heterocycles. The topological polar surface area (TPSA) is 162 Å². The first-order valence-corrected chi connectivity index (χ1v) is 6.56. The lowest BCUT2D eigenvalue weighted by Crippen LogP contribution is -2.35. The van der Waals surface area contributed by atoms with Gasteiger partial charge >= 0.3 is 0 Å². The molecule has 0 rings (SSSR count). The van der Waals surface area contributed by atoms with E-state index in [2.05, 4.69) is 0 Å². The Hall–Kier alpha value is -0.320. The number of aliphatic hydroxyl groups is 8. The number of hydrogen-bond donors (Lipinski definition) is 8. The number of aliphatic hydroxyl groups excluding tert-OH is 7. The van der Waals surface area contributed by atoms with E-state index in [9.17, 15) is 5.11 Å². The van der Waals surface area contributed by atoms with Crippen LogP contribution in [0.4, 0.5) is 0 Å². The zero-order valence-corrected chi connectivity index (χ0v) is 11.7. The van der Waals surface area contributed by atoms with Crippen molar-refractivity contribution in [3.8, 4) is 0 Å². The Bertz CT molecular complexity index is 200. The van der Waals surface area contributed by atoms with Crippen LogP contribution in [0.15, 0.2) is 0 Å². The molecule has 0 aromatic rings. The summed E-state index contributed by atoms with van der Waals surface area (Å²) < 4.78 is 0. The predicted molar refractivity (Wildman–Crippen MR) is 70.6 cm³/mol. The van der Waals surface area contributed by atoms with Crippen LogP contribution in [0.25, 0.3) is 0 Å². The van der Waals surface area contributed by atoms with Crippen molar-refractivity contribution >= 4 is 0 Å². The van der Waals surface area contributed by atoms with Crippen molar-refractivity contribution in [2.45, 2.75) is 63.3 Å². The molecule has 4 atom stereocenters. The fraction of sp³-hybridized carbons (Fsp3) is 1.00. The van der Waals surface area contributed by atoms with Crippen LogP contribution in [0.3, 0.4) is 0 Å². The SMILES string of the molecule is CC(O)C(O)C(O)CCCC(O)O.OCCC(O)CO. The third kappa shape index (κ3) is 14.1. The molecule has 20 heavy (non-hydrogen) atoms. The van der Waals surface area contributed by atoms with E-state index in [4.69, 9.17) is 35.7 Å². The Labute approximate surface area is 118 Å². The monoisotopic (exact) mass is 300 g/mol. The first kappa shape index (κ1) is 22.0. The highest BCUT2D eigenvalue weighted by molar-refractivity contribution is 4.71. The van der Waals surface area contributed by atoms with Gasteiger partial charge in [0.25, 0.3) is 0 Å². The highest BCUT2D eigenvalue weighted by atomic mass is 16.5. The standard InChI is InChI=1S/C8H18O5.C4H10O3/c1-5(9)8(13)6(10)3-2-4-7(11)12;5-2-1-4(7)3-6/h5-13H,2-4H2,1H3;4-7H,1-3H2. The third-order valence-corrected chi connectivity index (χ3v) is 2.52. The number of hydrogen-bond acceptors (Lipinski definition) is 8. The Morgan fingerprint density at radius 3 is 1.65 bits per heavy atom. The van der Waals surface area contributed by atoms with E-state index in [0.717, 1.165) is 0 Å². The molecule has 0 aromatic carbocycles. The van der Waals surface area contributed by atoms with Crippen LogP contribution in [-0.4, -0.2) is 84.8 Å². The maximum Gasteiger partial charge on any atom is 0.151 e. The van der Waals surface area contributed by atoms with Crippen molar-refractivity contribution in [2.24, 2.45) is 0 Å². The van der Waals surface area contributed by atoms with Gasteiger partial charge in [0.15, 0.2) is 6.29 Å². The quantitative estimate of drug-likeness (QED) is 0.213. The molecule has 0 aliphatic heterocycles. The van der Waals surface area contributed by atoms with Crippen molar-refractivity contribution in [1.29, 1.82) is 0 Å². The summed E-state index contributed by atoms with van der Waals surface area (Å²) in [5.41, 5.74) is 0. The van der Waals surface area contributed by atoms with Gasteiger partial charge in [-0.3, -0.25) is 0 Å². The van der Waals surface area contributed by atoms with Gasteiger partial charge in [0, 0.05) is 6.61 Å². The second kappa shape index (κ2) is 13.7. The molecule has 0 saturated heterocycles. The first-order chi connectivity index (χ1) is 9.26. The van der Waals surface area contributed by atoms with E-state index in [-0.39, 0.29) is 32.5 Å². The van der Waals surface area contributed by atoms with Crippen LogP contribution in [0.2, 0.25) is 0 Å². The molecule has 0 aliphatic carbocycles. The van der Waals surface area contributed by atoms with E-state index in [0.29, 0.717) is 6.42 Å². The molecule has 0 saturated carbocycles. The highest BCUT2D eigenvalue weighted by Crippen LogP contribution is 2.08. The van der Waals surface area contributed by atoms with Gasteiger partial charge in [-0.15, -0.1) is 0 Å². The summed E-state index contributed by atoms with van der Waals surface area (Å²) in [6, 6.07) is 0. The van der Waals surface area contributed by atoms with Gasteiger partial charge in [-0.05, 0) is 32.6 Å². The lowest BCUT2D eigenvalue weighted by atomic mass is 10.0. The molecule has 0 amide bonds. The predicted octanol–water partition coefficient (Wildman–Crippen LogP) is -2.71. The molecule has 4 unspecified atom stereocenters. The van der Waals surface area contributed by atoms with Crippen molar-refractivity contribution in [1.82, 2.24) is 0 Å². The fourth-order valence-electron chi connectivity index (χ4n) is 1.24. The second-order valence-corrected chi connectivity index (χ2v) is 4.56. The molecule has 8 heteroatoms. The van der Waals surface area contributed by atoms with E-state index < -0.39 is 30.7 Å². The van der Waals surface area contributed by atoms with Gasteiger partial charge < -0.3 is 40.9 Å². The minimum Gasteiger partial charge on any atom is -0.396 e. The van der Waals surface area contributed by atoms with Gasteiger partial charge in [0.05, 0.1) is 24.9 Å². The molecular formula is C12H28O8. The lowest BCUT2D eigenvalue weighted by molar-refractivity contribution is -0.0660. The molecule has 124 valence electrons. The van der Waals surface area contributed by atoms with Crippen LogP contribution in [0.5, 0.6) is 0 Å². The zero-order valence-electron chi connectivity index (χ0n) is 11.7. The maximum atomic E-state index is 9.23. The zero-order chi connectivity index (χ0) is 16.1. The van der Waals surface area contributed by atoms with Gasteiger partial charge in [-0.1, -0.05) is 0 Å². The summed E-state index contributed by atoms with van der Waals surface area (Å²) in [5.74, 6) is 0. The van der Waals surface area contributed by atoms with Crippen LogP contribution >= 0.6 is 0 Å². The summed E-state index contributed by atoms with van der Waals surface area (Å²) in [6.07, 6.45) is -4.24. The molecule has 0 spiro atoms. The Balaban J connectivity index is 0. The normalized spacial score (nSPS) is 17.1. The van der Waals surface area contributed by atoms with Crippen LogP contribution in [-0.2, 0) is 0 Å². The van der Waals surface area contributed by atoms with E-state index >= 15 is 0 Å². The first-order valence-electron chi connectivity index (χ1n) is 6.56. The van der Waals surface area contributed by atoms with E-state index in [1.165, 1.54) is 6.92 Å². The molecule has 0 radical (unpaired) electrons. The van der Waals surface area contributed by atoms with Crippen molar-refractivity contribution < 1.29 is 40.9 Å². The minimum absolute atomic E-state index is 0.0677. The molecule has 8 N–H and O–H groups in total. The molecule has 0 aliphatic rings. The fourth-order valence-corrected chi connectivity index (χ4v) is 1.24. The molecule has 0 fully saturated rings. The van der Waals surface area contributed by atoms with Gasteiger partial charge in [0.2, 0.25) is 0 Å². The second-order valence-electron chi connectivity index (χ2n) is 4.56. The van der Waals surface area contributed by atoms with Crippen LogP contribution in [0.1, 0.15) is 32.6 Å². The summed E-state index contributed by atoms with van der Waals surface area (Å²) in [7, 11) is 0. The van der Waals surface area contributed by atoms with Crippen molar-refractivity contribution in [3.63, 3.8) is 0 Å². The Morgan fingerprint density at radius 1 is 0.800 bits per heavy atom. The van der Waals surface area contributed by atoms with Crippen molar-refractivity contribution in [3.05, 3.63) is 0 Å². The maximum absolute atomic E-state index is 9.23. The van der Waals surface area contributed by atoms with Gasteiger partial charge in [0.1, 0.15) is 6.10 Å². The average Bonchev–Trinajstić information content (AvgIpc) is 2.38. The number of rotatable bonds is 9.